The first kappa shape index (κ1) is 21.3. The molecule has 0 aromatic heterocycles. The third-order valence-corrected chi connectivity index (χ3v) is 5.30. The lowest BCUT2D eigenvalue weighted by Gasteiger charge is -2.26. The number of methoxy groups -OCH3 is 1. The van der Waals surface area contributed by atoms with Crippen molar-refractivity contribution < 1.29 is 33.3 Å². The molecule has 1 saturated heterocycles. The van der Waals surface area contributed by atoms with E-state index < -0.39 is 17.8 Å². The Bertz CT molecular complexity index is 1220. The second kappa shape index (κ2) is 8.64. The van der Waals surface area contributed by atoms with Crippen molar-refractivity contribution in [3.05, 3.63) is 45.9 Å². The normalized spacial score (nSPS) is 16.1. The Morgan fingerprint density at radius 3 is 2.72 bits per heavy atom. The first-order valence-corrected chi connectivity index (χ1v) is 9.97. The molecule has 2 aliphatic rings. The van der Waals surface area contributed by atoms with Crippen LogP contribution in [0.5, 0.6) is 23.0 Å². The van der Waals surface area contributed by atoms with Gasteiger partial charge in [0.25, 0.3) is 11.8 Å². The van der Waals surface area contributed by atoms with Crippen molar-refractivity contribution in [1.29, 1.82) is 0 Å². The van der Waals surface area contributed by atoms with Gasteiger partial charge in [0.1, 0.15) is 12.2 Å². The topological polar surface area (TPSA) is 103 Å². The SMILES string of the molecule is C#CCOc1cc(Br)c(/C=C2\C(=O)NC(=O)N(c3ccc4c(c3)OCO4)C2=O)cc1OC. The van der Waals surface area contributed by atoms with Crippen molar-refractivity contribution in [2.45, 2.75) is 0 Å². The highest BCUT2D eigenvalue weighted by Gasteiger charge is 2.37. The Morgan fingerprint density at radius 1 is 1.19 bits per heavy atom. The molecule has 0 unspecified atom stereocenters. The van der Waals surface area contributed by atoms with Gasteiger partial charge in [-0.15, -0.1) is 6.42 Å². The predicted molar refractivity (Wildman–Crippen MR) is 117 cm³/mol. The second-order valence-electron chi connectivity index (χ2n) is 6.51. The number of carbonyl (C=O) groups excluding carboxylic acids is 3. The molecule has 2 aromatic carbocycles. The third kappa shape index (κ3) is 3.86. The van der Waals surface area contributed by atoms with E-state index in [1.165, 1.54) is 25.3 Å². The number of anilines is 1. The lowest BCUT2D eigenvalue weighted by atomic mass is 10.1. The van der Waals surface area contributed by atoms with Crippen LogP contribution in [0.1, 0.15) is 5.56 Å². The molecule has 32 heavy (non-hydrogen) atoms. The van der Waals surface area contributed by atoms with Crippen molar-refractivity contribution in [1.82, 2.24) is 5.32 Å². The summed E-state index contributed by atoms with van der Waals surface area (Å²) in [6, 6.07) is 6.90. The van der Waals surface area contributed by atoms with E-state index >= 15 is 0 Å². The zero-order valence-corrected chi connectivity index (χ0v) is 18.2. The number of amides is 4. The van der Waals surface area contributed by atoms with Crippen LogP contribution >= 0.6 is 15.9 Å². The fraction of sp³-hybridized carbons (Fsp3) is 0.136. The standard InChI is InChI=1S/C22H15BrN2O7/c1-3-6-30-19-10-15(23)12(8-17(19)29-2)7-14-20(26)24-22(28)25(21(14)27)13-4-5-16-18(9-13)32-11-31-16/h1,4-5,7-10H,6,11H2,2H3,(H,24,26,28)/b14-7+. The summed E-state index contributed by atoms with van der Waals surface area (Å²) < 4.78 is 21.8. The number of nitrogens with zero attached hydrogens (tertiary/aromatic N) is 1. The Morgan fingerprint density at radius 2 is 1.97 bits per heavy atom. The van der Waals surface area contributed by atoms with E-state index in [-0.39, 0.29) is 24.7 Å². The van der Waals surface area contributed by atoms with E-state index in [0.717, 1.165) is 4.90 Å². The summed E-state index contributed by atoms with van der Waals surface area (Å²) in [5, 5.41) is 2.18. The average Bonchev–Trinajstić information content (AvgIpc) is 3.24. The number of ether oxygens (including phenoxy) is 4. The van der Waals surface area contributed by atoms with Crippen molar-refractivity contribution in [3.63, 3.8) is 0 Å². The third-order valence-electron chi connectivity index (χ3n) is 4.61. The summed E-state index contributed by atoms with van der Waals surface area (Å²) in [4.78, 5) is 38.9. The number of terminal acetylenes is 1. The molecule has 0 saturated carbocycles. The average molecular weight is 499 g/mol. The van der Waals surface area contributed by atoms with Gasteiger partial charge in [-0.1, -0.05) is 21.9 Å². The van der Waals surface area contributed by atoms with Gasteiger partial charge in [0.05, 0.1) is 12.8 Å². The van der Waals surface area contributed by atoms with Crippen molar-refractivity contribution in [3.8, 4) is 35.3 Å². The van der Waals surface area contributed by atoms with Gasteiger partial charge in [-0.2, -0.15) is 0 Å². The van der Waals surface area contributed by atoms with Crippen LogP contribution in [0.4, 0.5) is 10.5 Å². The molecule has 162 valence electrons. The smallest absolute Gasteiger partial charge is 0.335 e. The van der Waals surface area contributed by atoms with Crippen molar-refractivity contribution in [2.24, 2.45) is 0 Å². The summed E-state index contributed by atoms with van der Waals surface area (Å²) >= 11 is 3.39. The second-order valence-corrected chi connectivity index (χ2v) is 7.37. The molecule has 0 spiro atoms. The number of benzene rings is 2. The van der Waals surface area contributed by atoms with Gasteiger partial charge >= 0.3 is 6.03 Å². The van der Waals surface area contributed by atoms with Crippen molar-refractivity contribution >= 4 is 45.5 Å². The summed E-state index contributed by atoms with van der Waals surface area (Å²) in [5.41, 5.74) is 0.431. The number of urea groups is 1. The van der Waals surface area contributed by atoms with Gasteiger partial charge < -0.3 is 18.9 Å². The zero-order chi connectivity index (χ0) is 22.8. The molecule has 0 atom stereocenters. The molecule has 9 nitrogen and oxygen atoms in total. The number of fused-ring (bicyclic) bond motifs is 1. The molecule has 1 N–H and O–H groups in total. The highest BCUT2D eigenvalue weighted by atomic mass is 79.9. The molecule has 0 aliphatic carbocycles. The highest BCUT2D eigenvalue weighted by molar-refractivity contribution is 9.10. The first-order valence-electron chi connectivity index (χ1n) is 9.18. The quantitative estimate of drug-likeness (QED) is 0.384. The number of hydrogen-bond acceptors (Lipinski definition) is 7. The molecule has 10 heteroatoms. The molecule has 2 heterocycles. The van der Waals surface area contributed by atoms with Crippen LogP contribution in [-0.4, -0.2) is 38.4 Å². The van der Waals surface area contributed by atoms with Gasteiger partial charge in [0, 0.05) is 10.5 Å². The summed E-state index contributed by atoms with van der Waals surface area (Å²) in [6.45, 7) is 0.0796. The maximum Gasteiger partial charge on any atom is 0.335 e. The minimum atomic E-state index is -0.870. The van der Waals surface area contributed by atoms with E-state index in [1.54, 1.807) is 18.2 Å². The van der Waals surface area contributed by atoms with Gasteiger partial charge in [0.2, 0.25) is 6.79 Å². The van der Waals surface area contributed by atoms with Crippen LogP contribution in [0.25, 0.3) is 6.08 Å². The predicted octanol–water partition coefficient (Wildman–Crippen LogP) is 2.86. The van der Waals surface area contributed by atoms with Crippen molar-refractivity contribution in [2.75, 3.05) is 25.4 Å². The number of hydrogen-bond donors (Lipinski definition) is 1. The minimum absolute atomic E-state index is 0.0384. The van der Waals surface area contributed by atoms with Crippen LogP contribution in [-0.2, 0) is 9.59 Å². The fourth-order valence-electron chi connectivity index (χ4n) is 3.12. The maximum absolute atomic E-state index is 13.1. The molecular formula is C22H15BrN2O7. The molecule has 1 fully saturated rings. The van der Waals surface area contributed by atoms with Crippen LogP contribution in [0.15, 0.2) is 40.4 Å². The van der Waals surface area contributed by atoms with E-state index in [2.05, 4.69) is 27.2 Å². The number of halogens is 1. The van der Waals surface area contributed by atoms with E-state index in [4.69, 9.17) is 25.4 Å². The number of carbonyl (C=O) groups is 3. The molecule has 2 aromatic rings. The summed E-state index contributed by atoms with van der Waals surface area (Å²) in [6.07, 6.45) is 6.58. The van der Waals surface area contributed by atoms with Crippen LogP contribution in [0, 0.1) is 12.3 Å². The Hall–Kier alpha value is -3.97. The summed E-state index contributed by atoms with van der Waals surface area (Å²) in [7, 11) is 1.45. The maximum atomic E-state index is 13.1. The molecule has 0 bridgehead atoms. The van der Waals surface area contributed by atoms with Gasteiger partial charge in [-0.3, -0.25) is 14.9 Å². The van der Waals surface area contributed by atoms with Gasteiger partial charge in [0.15, 0.2) is 23.0 Å². The number of rotatable bonds is 5. The van der Waals surface area contributed by atoms with E-state index in [0.29, 0.717) is 33.0 Å². The largest absolute Gasteiger partial charge is 0.493 e. The number of barbiturate groups is 1. The monoisotopic (exact) mass is 498 g/mol. The lowest BCUT2D eigenvalue weighted by Crippen LogP contribution is -2.54. The van der Waals surface area contributed by atoms with Gasteiger partial charge in [-0.05, 0) is 35.9 Å². The summed E-state index contributed by atoms with van der Waals surface area (Å²) in [5.74, 6) is 2.36. The Balaban J connectivity index is 1.71. The van der Waals surface area contributed by atoms with E-state index in [9.17, 15) is 14.4 Å². The van der Waals surface area contributed by atoms with E-state index in [1.807, 2.05) is 0 Å². The Labute approximate surface area is 191 Å². The zero-order valence-electron chi connectivity index (χ0n) is 16.6. The molecule has 0 radical (unpaired) electrons. The molecule has 4 rings (SSSR count). The van der Waals surface area contributed by atoms with Crippen LogP contribution in [0.2, 0.25) is 0 Å². The number of nitrogens with one attached hydrogen (secondary N) is 1. The number of imide groups is 2. The van der Waals surface area contributed by atoms with Gasteiger partial charge in [-0.25, -0.2) is 9.69 Å². The van der Waals surface area contributed by atoms with Crippen LogP contribution < -0.4 is 29.2 Å². The minimum Gasteiger partial charge on any atom is -0.493 e. The molecule has 4 amide bonds. The fourth-order valence-corrected chi connectivity index (χ4v) is 3.56. The van der Waals surface area contributed by atoms with Crippen LogP contribution in [0.3, 0.4) is 0 Å². The first-order chi connectivity index (χ1) is 15.4. The Kier molecular flexibility index (Phi) is 5.75. The lowest BCUT2D eigenvalue weighted by molar-refractivity contribution is -0.122. The molecular weight excluding hydrogens is 484 g/mol. The highest BCUT2D eigenvalue weighted by Crippen LogP contribution is 2.37. The molecule has 2 aliphatic heterocycles.